The van der Waals surface area contributed by atoms with Gasteiger partial charge in [-0.25, -0.2) is 0 Å². The van der Waals surface area contributed by atoms with Crippen LogP contribution in [0.5, 0.6) is 0 Å². The Kier molecular flexibility index (Phi) is 3.23. The van der Waals surface area contributed by atoms with E-state index in [9.17, 15) is 0 Å². The molecule has 0 aliphatic heterocycles. The molecule has 0 aliphatic rings. The second-order valence-corrected chi connectivity index (χ2v) is 4.35. The monoisotopic (exact) mass is 262 g/mol. The van der Waals surface area contributed by atoms with E-state index in [-0.39, 0.29) is 0 Å². The highest BCUT2D eigenvalue weighted by Gasteiger charge is 2.11. The summed E-state index contributed by atoms with van der Waals surface area (Å²) in [6.45, 7) is 0. The predicted molar refractivity (Wildman–Crippen MR) is 71.0 cm³/mol. The Morgan fingerprint density at radius 1 is 1.06 bits per heavy atom. The maximum Gasteiger partial charge on any atom is 0.101 e. The van der Waals surface area contributed by atoms with E-state index in [1.165, 1.54) is 6.07 Å². The van der Waals surface area contributed by atoms with Gasteiger partial charge in [-0.3, -0.25) is 0 Å². The highest BCUT2D eigenvalue weighted by atomic mass is 35.5. The maximum absolute atomic E-state index is 8.96. The number of nitriles is 1. The van der Waals surface area contributed by atoms with E-state index in [0.717, 1.165) is 5.56 Å². The van der Waals surface area contributed by atoms with Crippen LogP contribution in [0.2, 0.25) is 10.0 Å². The Balaban J connectivity index is 2.73. The minimum atomic E-state index is 0.354. The minimum absolute atomic E-state index is 0.354. The molecule has 2 aromatic carbocycles. The molecule has 0 saturated carbocycles. The number of hydrogen-bond acceptors (Lipinski definition) is 2. The van der Waals surface area contributed by atoms with E-state index in [0.29, 0.717) is 26.9 Å². The average molecular weight is 263 g/mol. The SMILES string of the molecule is N#Cc1cc(Cl)cc(-c2ccccc2Cl)c1N. The van der Waals surface area contributed by atoms with Gasteiger partial charge in [0.05, 0.1) is 11.3 Å². The van der Waals surface area contributed by atoms with Gasteiger partial charge in [-0.05, 0) is 18.2 Å². The van der Waals surface area contributed by atoms with Crippen molar-refractivity contribution >= 4 is 28.9 Å². The molecule has 0 spiro atoms. The summed E-state index contributed by atoms with van der Waals surface area (Å²) in [6.07, 6.45) is 0. The first-order chi connectivity index (χ1) is 8.13. The number of nitrogens with zero attached hydrogens (tertiary/aromatic N) is 1. The molecule has 0 unspecified atom stereocenters. The van der Waals surface area contributed by atoms with Crippen molar-refractivity contribution in [2.45, 2.75) is 0 Å². The Bertz CT molecular complexity index is 615. The van der Waals surface area contributed by atoms with Crippen molar-refractivity contribution in [2.75, 3.05) is 5.73 Å². The maximum atomic E-state index is 8.96. The number of nitrogens with two attached hydrogens (primary N) is 1. The van der Waals surface area contributed by atoms with Gasteiger partial charge in [0.25, 0.3) is 0 Å². The van der Waals surface area contributed by atoms with Crippen LogP contribution in [0.1, 0.15) is 5.56 Å². The van der Waals surface area contributed by atoms with Crippen molar-refractivity contribution < 1.29 is 0 Å². The van der Waals surface area contributed by atoms with E-state index in [2.05, 4.69) is 0 Å². The van der Waals surface area contributed by atoms with Crippen molar-refractivity contribution in [3.63, 3.8) is 0 Å². The lowest BCUT2D eigenvalue weighted by Gasteiger charge is -2.09. The Hall–Kier alpha value is -1.69. The Morgan fingerprint density at radius 3 is 2.41 bits per heavy atom. The first kappa shape index (κ1) is 11.8. The smallest absolute Gasteiger partial charge is 0.101 e. The lowest BCUT2D eigenvalue weighted by Crippen LogP contribution is -1.95. The van der Waals surface area contributed by atoms with Crippen LogP contribution in [0.4, 0.5) is 5.69 Å². The summed E-state index contributed by atoms with van der Waals surface area (Å²) in [5.41, 5.74) is 8.12. The van der Waals surface area contributed by atoms with Crippen molar-refractivity contribution in [3.8, 4) is 17.2 Å². The third-order valence-electron chi connectivity index (χ3n) is 2.43. The average Bonchev–Trinajstić information content (AvgIpc) is 2.32. The van der Waals surface area contributed by atoms with Gasteiger partial charge in [0, 0.05) is 21.2 Å². The molecule has 2 aromatic rings. The van der Waals surface area contributed by atoms with Crippen LogP contribution in [-0.2, 0) is 0 Å². The zero-order valence-corrected chi connectivity index (χ0v) is 10.3. The van der Waals surface area contributed by atoms with Crippen molar-refractivity contribution in [3.05, 3.63) is 52.0 Å². The fourth-order valence-corrected chi connectivity index (χ4v) is 2.07. The van der Waals surface area contributed by atoms with Crippen LogP contribution in [0.15, 0.2) is 36.4 Å². The number of rotatable bonds is 1. The standard InChI is InChI=1S/C13H8Cl2N2/c14-9-5-8(7-16)13(17)11(6-9)10-3-1-2-4-12(10)15/h1-6H,17H2. The quantitative estimate of drug-likeness (QED) is 0.787. The molecule has 17 heavy (non-hydrogen) atoms. The van der Waals surface area contributed by atoms with Crippen LogP contribution in [0.25, 0.3) is 11.1 Å². The third kappa shape index (κ3) is 2.21. The van der Waals surface area contributed by atoms with Gasteiger partial charge in [0.1, 0.15) is 6.07 Å². The highest BCUT2D eigenvalue weighted by Crippen LogP contribution is 2.35. The van der Waals surface area contributed by atoms with Gasteiger partial charge < -0.3 is 5.73 Å². The first-order valence-corrected chi connectivity index (χ1v) is 5.63. The number of halogens is 2. The summed E-state index contributed by atoms with van der Waals surface area (Å²) in [7, 11) is 0. The van der Waals surface area contributed by atoms with Crippen LogP contribution < -0.4 is 5.73 Å². The van der Waals surface area contributed by atoms with Crippen LogP contribution in [-0.4, -0.2) is 0 Å². The molecule has 0 amide bonds. The molecule has 0 bridgehead atoms. The largest absolute Gasteiger partial charge is 0.397 e. The molecule has 2 N–H and O–H groups in total. The summed E-state index contributed by atoms with van der Waals surface area (Å²) < 4.78 is 0. The summed E-state index contributed by atoms with van der Waals surface area (Å²) >= 11 is 12.1. The van der Waals surface area contributed by atoms with Crippen LogP contribution in [0.3, 0.4) is 0 Å². The van der Waals surface area contributed by atoms with Gasteiger partial charge in [-0.2, -0.15) is 5.26 Å². The minimum Gasteiger partial charge on any atom is -0.397 e. The number of hydrogen-bond donors (Lipinski definition) is 1. The van der Waals surface area contributed by atoms with Crippen LogP contribution >= 0.6 is 23.2 Å². The summed E-state index contributed by atoms with van der Waals surface area (Å²) in [5, 5.41) is 10.00. The third-order valence-corrected chi connectivity index (χ3v) is 2.98. The molecule has 4 heteroatoms. The number of nitrogen functional groups attached to an aromatic ring is 1. The molecule has 0 aromatic heterocycles. The molecular formula is C13H8Cl2N2. The summed E-state index contributed by atoms with van der Waals surface area (Å²) in [4.78, 5) is 0. The second-order valence-electron chi connectivity index (χ2n) is 3.51. The molecule has 0 aliphatic carbocycles. The molecule has 0 radical (unpaired) electrons. The van der Waals surface area contributed by atoms with Gasteiger partial charge >= 0.3 is 0 Å². The van der Waals surface area contributed by atoms with E-state index < -0.39 is 0 Å². The van der Waals surface area contributed by atoms with Crippen molar-refractivity contribution in [2.24, 2.45) is 0 Å². The molecule has 0 saturated heterocycles. The highest BCUT2D eigenvalue weighted by molar-refractivity contribution is 6.34. The van der Waals surface area contributed by atoms with Gasteiger partial charge in [-0.15, -0.1) is 0 Å². The zero-order valence-electron chi connectivity index (χ0n) is 8.74. The molecule has 84 valence electrons. The molecular weight excluding hydrogens is 255 g/mol. The first-order valence-electron chi connectivity index (χ1n) is 4.87. The molecule has 0 heterocycles. The summed E-state index contributed by atoms with van der Waals surface area (Å²) in [6, 6.07) is 12.6. The van der Waals surface area contributed by atoms with Crippen molar-refractivity contribution in [1.82, 2.24) is 0 Å². The Morgan fingerprint density at radius 2 is 1.76 bits per heavy atom. The number of anilines is 1. The van der Waals surface area contributed by atoms with Gasteiger partial charge in [0.2, 0.25) is 0 Å². The predicted octanol–water partition coefficient (Wildman–Crippen LogP) is 4.11. The zero-order chi connectivity index (χ0) is 12.4. The molecule has 2 nitrogen and oxygen atoms in total. The fraction of sp³-hybridized carbons (Fsp3) is 0. The van der Waals surface area contributed by atoms with E-state index in [1.54, 1.807) is 12.1 Å². The topological polar surface area (TPSA) is 49.8 Å². The summed E-state index contributed by atoms with van der Waals surface area (Å²) in [5.74, 6) is 0. The fourth-order valence-electron chi connectivity index (χ4n) is 1.61. The molecule has 0 fully saturated rings. The lowest BCUT2D eigenvalue weighted by molar-refractivity contribution is 1.48. The van der Waals surface area contributed by atoms with E-state index >= 15 is 0 Å². The van der Waals surface area contributed by atoms with Crippen LogP contribution in [0, 0.1) is 11.3 Å². The molecule has 0 atom stereocenters. The van der Waals surface area contributed by atoms with Crippen molar-refractivity contribution in [1.29, 1.82) is 5.26 Å². The van der Waals surface area contributed by atoms with Gasteiger partial charge in [-0.1, -0.05) is 41.4 Å². The number of benzene rings is 2. The van der Waals surface area contributed by atoms with Gasteiger partial charge in [0.15, 0.2) is 0 Å². The molecule has 2 rings (SSSR count). The van der Waals surface area contributed by atoms with E-state index in [4.69, 9.17) is 34.2 Å². The van der Waals surface area contributed by atoms with E-state index in [1.807, 2.05) is 24.3 Å². The second kappa shape index (κ2) is 4.67. The lowest BCUT2D eigenvalue weighted by atomic mass is 10.0. The normalized spacial score (nSPS) is 9.94. The Labute approximate surface area is 109 Å².